The highest BCUT2D eigenvalue weighted by Crippen LogP contribution is 2.56. The second-order valence-corrected chi connectivity index (χ2v) is 13.8. The molecule has 1 saturated carbocycles. The molecule has 1 rings (SSSR count). The fourth-order valence-corrected chi connectivity index (χ4v) is 5.10. The lowest BCUT2D eigenvalue weighted by molar-refractivity contribution is 0.00507. The molecule has 18 heavy (non-hydrogen) atoms. The van der Waals surface area contributed by atoms with Gasteiger partial charge in [0, 0.05) is 8.07 Å². The average molecular weight is 265 g/mol. The van der Waals surface area contributed by atoms with Crippen molar-refractivity contribution in [2.45, 2.75) is 65.7 Å². The predicted molar refractivity (Wildman–Crippen MR) is 86.7 cm³/mol. The molecule has 1 aliphatic carbocycles. The third kappa shape index (κ3) is 4.12. The fraction of sp³-hybridized carbons (Fsp3) is 0.765. The Balaban J connectivity index is 2.61. The zero-order chi connectivity index (χ0) is 14.1. The summed E-state index contributed by atoms with van der Waals surface area (Å²) in [6, 6.07) is 1.30. The summed E-state index contributed by atoms with van der Waals surface area (Å²) in [5, 5.41) is 0. The maximum absolute atomic E-state index is 4.42. The van der Waals surface area contributed by atoms with Gasteiger partial charge < -0.3 is 0 Å². The standard InChI is InChI=1S/C17H32Si/c1-13(2)9-10-16-15(11-17(16,4)5)14(3)12-18(6,7)8/h15-16H,1,3,9-12H2,2,4-8H3/t15-,16-/m1/s1. The summed E-state index contributed by atoms with van der Waals surface area (Å²) in [6.07, 6.45) is 3.83. The Kier molecular flexibility index (Phi) is 4.69. The molecule has 0 N–H and O–H groups in total. The minimum atomic E-state index is -1.00. The van der Waals surface area contributed by atoms with Gasteiger partial charge in [0.05, 0.1) is 0 Å². The van der Waals surface area contributed by atoms with Crippen LogP contribution in [0.4, 0.5) is 0 Å². The SMILES string of the molecule is C=C(C)CC[C@@H]1[C@@H](C(=C)C[Si](C)(C)C)CC1(C)C. The molecule has 104 valence electrons. The lowest BCUT2D eigenvalue weighted by atomic mass is 9.52. The Morgan fingerprint density at radius 3 is 2.17 bits per heavy atom. The van der Waals surface area contributed by atoms with E-state index < -0.39 is 8.07 Å². The molecule has 0 radical (unpaired) electrons. The summed E-state index contributed by atoms with van der Waals surface area (Å²) < 4.78 is 0. The molecule has 0 aromatic heterocycles. The number of hydrogen-bond donors (Lipinski definition) is 0. The first-order valence-corrected chi connectivity index (χ1v) is 11.1. The van der Waals surface area contributed by atoms with Gasteiger partial charge in [-0.2, -0.15) is 0 Å². The van der Waals surface area contributed by atoms with E-state index in [1.807, 2.05) is 0 Å². The lowest BCUT2D eigenvalue weighted by Gasteiger charge is -2.53. The largest absolute Gasteiger partial charge is 0.100 e. The Hall–Kier alpha value is -0.303. The van der Waals surface area contributed by atoms with Crippen molar-refractivity contribution < 1.29 is 0 Å². The highest BCUT2D eigenvalue weighted by molar-refractivity contribution is 6.76. The van der Waals surface area contributed by atoms with Crippen molar-refractivity contribution in [2.75, 3.05) is 0 Å². The smallest absolute Gasteiger partial charge is 0.0483 e. The lowest BCUT2D eigenvalue weighted by Crippen LogP contribution is -2.45. The van der Waals surface area contributed by atoms with E-state index in [-0.39, 0.29) is 0 Å². The van der Waals surface area contributed by atoms with Gasteiger partial charge in [-0.25, -0.2) is 0 Å². The minimum Gasteiger partial charge on any atom is -0.100 e. The molecule has 0 amide bonds. The van der Waals surface area contributed by atoms with Crippen LogP contribution in [0.3, 0.4) is 0 Å². The van der Waals surface area contributed by atoms with Crippen LogP contribution < -0.4 is 0 Å². The van der Waals surface area contributed by atoms with E-state index in [0.717, 1.165) is 11.8 Å². The predicted octanol–water partition coefficient (Wildman–Crippen LogP) is 5.90. The van der Waals surface area contributed by atoms with Gasteiger partial charge in [0.15, 0.2) is 0 Å². The first-order valence-electron chi connectivity index (χ1n) is 7.35. The van der Waals surface area contributed by atoms with Crippen LogP contribution in [-0.4, -0.2) is 8.07 Å². The Bertz CT molecular complexity index is 330. The second kappa shape index (κ2) is 5.36. The minimum absolute atomic E-state index is 0.516. The Morgan fingerprint density at radius 1 is 1.22 bits per heavy atom. The van der Waals surface area contributed by atoms with Crippen LogP contribution in [0.15, 0.2) is 24.3 Å². The van der Waals surface area contributed by atoms with E-state index >= 15 is 0 Å². The van der Waals surface area contributed by atoms with E-state index in [9.17, 15) is 0 Å². The van der Waals surface area contributed by atoms with E-state index in [1.54, 1.807) is 5.57 Å². The van der Waals surface area contributed by atoms with Crippen molar-refractivity contribution in [1.82, 2.24) is 0 Å². The molecule has 0 saturated heterocycles. The summed E-state index contributed by atoms with van der Waals surface area (Å²) in [7, 11) is -1.00. The van der Waals surface area contributed by atoms with Gasteiger partial charge in [0.25, 0.3) is 0 Å². The molecule has 0 spiro atoms. The van der Waals surface area contributed by atoms with Crippen LogP contribution in [0.5, 0.6) is 0 Å². The van der Waals surface area contributed by atoms with Crippen molar-refractivity contribution in [2.24, 2.45) is 17.3 Å². The third-order valence-electron chi connectivity index (χ3n) is 4.40. The number of allylic oxidation sites excluding steroid dienone is 2. The topological polar surface area (TPSA) is 0 Å². The molecule has 0 bridgehead atoms. The summed E-state index contributed by atoms with van der Waals surface area (Å²) in [6.45, 7) is 22.8. The first-order chi connectivity index (χ1) is 8.03. The highest BCUT2D eigenvalue weighted by atomic mass is 28.3. The molecule has 1 heteroatoms. The molecule has 0 aromatic carbocycles. The average Bonchev–Trinajstić information content (AvgIpc) is 2.11. The summed E-state index contributed by atoms with van der Waals surface area (Å²) in [5.74, 6) is 1.61. The number of rotatable bonds is 6. The quantitative estimate of drug-likeness (QED) is 0.414. The molecule has 0 unspecified atom stereocenters. The summed E-state index contributed by atoms with van der Waals surface area (Å²) >= 11 is 0. The maximum atomic E-state index is 4.42. The van der Waals surface area contributed by atoms with Gasteiger partial charge in [-0.1, -0.05) is 51.2 Å². The van der Waals surface area contributed by atoms with Crippen LogP contribution in [0, 0.1) is 17.3 Å². The van der Waals surface area contributed by atoms with Crippen LogP contribution in [0.1, 0.15) is 40.0 Å². The van der Waals surface area contributed by atoms with Gasteiger partial charge in [0.2, 0.25) is 0 Å². The monoisotopic (exact) mass is 264 g/mol. The Labute approximate surface area is 116 Å². The Morgan fingerprint density at radius 2 is 1.78 bits per heavy atom. The van der Waals surface area contributed by atoms with Crippen LogP contribution in [-0.2, 0) is 0 Å². The maximum Gasteiger partial charge on any atom is 0.0483 e. The van der Waals surface area contributed by atoms with Gasteiger partial charge in [0.1, 0.15) is 0 Å². The molecular weight excluding hydrogens is 232 g/mol. The van der Waals surface area contributed by atoms with Gasteiger partial charge >= 0.3 is 0 Å². The zero-order valence-electron chi connectivity index (χ0n) is 13.4. The molecule has 2 atom stereocenters. The summed E-state index contributed by atoms with van der Waals surface area (Å²) in [4.78, 5) is 0. The molecular formula is C17H32Si. The second-order valence-electron chi connectivity index (χ2n) is 8.30. The van der Waals surface area contributed by atoms with Gasteiger partial charge in [-0.15, -0.1) is 6.58 Å². The van der Waals surface area contributed by atoms with Crippen molar-refractivity contribution >= 4 is 8.07 Å². The first kappa shape index (κ1) is 15.8. The van der Waals surface area contributed by atoms with Crippen molar-refractivity contribution in [1.29, 1.82) is 0 Å². The summed E-state index contributed by atoms with van der Waals surface area (Å²) in [5.41, 5.74) is 3.38. The molecule has 1 fully saturated rings. The molecule has 1 aliphatic rings. The molecule has 0 aliphatic heterocycles. The van der Waals surface area contributed by atoms with E-state index in [0.29, 0.717) is 5.41 Å². The van der Waals surface area contributed by atoms with E-state index in [1.165, 1.54) is 30.9 Å². The zero-order valence-corrected chi connectivity index (χ0v) is 14.4. The van der Waals surface area contributed by atoms with Gasteiger partial charge in [-0.3, -0.25) is 0 Å². The van der Waals surface area contributed by atoms with Crippen LogP contribution in [0.25, 0.3) is 0 Å². The van der Waals surface area contributed by atoms with Crippen LogP contribution >= 0.6 is 0 Å². The van der Waals surface area contributed by atoms with Crippen molar-refractivity contribution in [3.05, 3.63) is 24.3 Å². The molecule has 0 nitrogen and oxygen atoms in total. The highest BCUT2D eigenvalue weighted by Gasteiger charge is 2.47. The van der Waals surface area contributed by atoms with Crippen molar-refractivity contribution in [3.8, 4) is 0 Å². The number of hydrogen-bond acceptors (Lipinski definition) is 0. The fourth-order valence-electron chi connectivity index (χ4n) is 3.48. The molecule has 0 heterocycles. The molecule has 0 aromatic rings. The third-order valence-corrected chi connectivity index (χ3v) is 5.91. The van der Waals surface area contributed by atoms with E-state index in [2.05, 4.69) is 53.6 Å². The van der Waals surface area contributed by atoms with Gasteiger partial charge in [-0.05, 0) is 49.5 Å². The van der Waals surface area contributed by atoms with Crippen LogP contribution in [0.2, 0.25) is 25.7 Å². The van der Waals surface area contributed by atoms with Crippen molar-refractivity contribution in [3.63, 3.8) is 0 Å². The normalized spacial score (nSPS) is 26.6. The van der Waals surface area contributed by atoms with E-state index in [4.69, 9.17) is 0 Å².